The van der Waals surface area contributed by atoms with E-state index >= 15 is 0 Å². The van der Waals surface area contributed by atoms with Gasteiger partial charge in [-0.1, -0.05) is 29.9 Å². The number of aryl methyl sites for hydroxylation is 1. The molecule has 2 rings (SSSR count). The first-order valence-electron chi connectivity index (χ1n) is 5.51. The van der Waals surface area contributed by atoms with Crippen molar-refractivity contribution < 1.29 is 8.42 Å². The lowest BCUT2D eigenvalue weighted by Crippen LogP contribution is -2.30. The van der Waals surface area contributed by atoms with Gasteiger partial charge < -0.3 is 0 Å². The van der Waals surface area contributed by atoms with E-state index in [1.165, 1.54) is 0 Å². The molecule has 0 amide bonds. The van der Waals surface area contributed by atoms with Gasteiger partial charge in [-0.25, -0.2) is 18.1 Å². The first-order chi connectivity index (χ1) is 7.88. The number of hydrogen-bond donors (Lipinski definition) is 1. The third kappa shape index (κ3) is 2.81. The van der Waals surface area contributed by atoms with Crippen LogP contribution >= 0.6 is 22.9 Å². The van der Waals surface area contributed by atoms with Gasteiger partial charge in [0.05, 0.1) is 5.69 Å². The second kappa shape index (κ2) is 4.50. The summed E-state index contributed by atoms with van der Waals surface area (Å²) in [6, 6.07) is 0. The summed E-state index contributed by atoms with van der Waals surface area (Å²) in [5.74, 6) is 0. The maximum absolute atomic E-state index is 12.1. The number of hydrogen-bond acceptors (Lipinski definition) is 4. The maximum Gasteiger partial charge on any atom is 0.252 e. The zero-order valence-electron chi connectivity index (χ0n) is 9.79. The largest absolute Gasteiger partial charge is 0.252 e. The van der Waals surface area contributed by atoms with E-state index in [1.807, 2.05) is 0 Å². The summed E-state index contributed by atoms with van der Waals surface area (Å²) in [7, 11) is -3.45. The van der Waals surface area contributed by atoms with Gasteiger partial charge in [-0.3, -0.25) is 0 Å². The standard InChI is InChI=1S/C10H15ClN2O2S2/c1-3-10(4-5-10)6-12-17(14,15)8-7(2)13-9(11)16-8/h12H,3-6H2,1-2H3. The van der Waals surface area contributed by atoms with Crippen LogP contribution in [0.2, 0.25) is 4.47 Å². The summed E-state index contributed by atoms with van der Waals surface area (Å²) < 4.78 is 27.3. The molecule has 0 unspecified atom stereocenters. The molecular weight excluding hydrogens is 280 g/mol. The van der Waals surface area contributed by atoms with Crippen molar-refractivity contribution in [2.75, 3.05) is 6.54 Å². The van der Waals surface area contributed by atoms with E-state index in [1.54, 1.807) is 6.92 Å². The van der Waals surface area contributed by atoms with Crippen LogP contribution < -0.4 is 4.72 Å². The van der Waals surface area contributed by atoms with Crippen molar-refractivity contribution in [1.82, 2.24) is 9.71 Å². The number of sulfonamides is 1. The zero-order chi connectivity index (χ0) is 12.7. The predicted molar refractivity (Wildman–Crippen MR) is 69.0 cm³/mol. The minimum atomic E-state index is -3.45. The first kappa shape index (κ1) is 13.3. The molecule has 0 bridgehead atoms. The highest BCUT2D eigenvalue weighted by atomic mass is 35.5. The molecule has 1 saturated carbocycles. The molecule has 0 spiro atoms. The molecule has 0 aromatic carbocycles. The summed E-state index contributed by atoms with van der Waals surface area (Å²) >= 11 is 6.72. The highest BCUT2D eigenvalue weighted by molar-refractivity contribution is 7.91. The third-order valence-corrected chi connectivity index (χ3v) is 6.59. The second-order valence-corrected chi connectivity index (χ2v) is 8.06. The van der Waals surface area contributed by atoms with Gasteiger partial charge in [-0.2, -0.15) is 0 Å². The number of nitrogens with zero attached hydrogens (tertiary/aromatic N) is 1. The Hall–Kier alpha value is -0.170. The van der Waals surface area contributed by atoms with Gasteiger partial charge in [0.2, 0.25) is 0 Å². The molecular formula is C10H15ClN2O2S2. The Morgan fingerprint density at radius 2 is 2.18 bits per heavy atom. The number of thiazole rings is 1. The van der Waals surface area contributed by atoms with Crippen LogP contribution in [0, 0.1) is 12.3 Å². The Morgan fingerprint density at radius 1 is 1.53 bits per heavy atom. The number of rotatable bonds is 5. The van der Waals surface area contributed by atoms with Crippen molar-refractivity contribution in [1.29, 1.82) is 0 Å². The third-order valence-electron chi connectivity index (χ3n) is 3.32. The average molecular weight is 295 g/mol. The van der Waals surface area contributed by atoms with Crippen LogP contribution in [0.1, 0.15) is 31.9 Å². The van der Waals surface area contributed by atoms with Gasteiger partial charge in [0.1, 0.15) is 0 Å². The second-order valence-electron chi connectivity index (χ2n) is 4.52. The van der Waals surface area contributed by atoms with Crippen LogP contribution in [0.4, 0.5) is 0 Å². The fourth-order valence-electron chi connectivity index (χ4n) is 1.75. The Labute approximate surface area is 110 Å². The van der Waals surface area contributed by atoms with Crippen molar-refractivity contribution in [2.45, 2.75) is 37.3 Å². The molecule has 1 aliphatic rings. The summed E-state index contributed by atoms with van der Waals surface area (Å²) in [4.78, 5) is 3.92. The molecule has 17 heavy (non-hydrogen) atoms. The highest BCUT2D eigenvalue weighted by Crippen LogP contribution is 2.48. The number of aromatic nitrogens is 1. The Bertz CT molecular complexity index is 520. The van der Waals surface area contributed by atoms with Crippen LogP contribution in [0.15, 0.2) is 4.21 Å². The maximum atomic E-state index is 12.1. The molecule has 0 atom stereocenters. The van der Waals surface area contributed by atoms with Crippen molar-refractivity contribution >= 4 is 33.0 Å². The van der Waals surface area contributed by atoms with Gasteiger partial charge in [0.25, 0.3) is 10.0 Å². The smallest absolute Gasteiger partial charge is 0.229 e. The predicted octanol–water partition coefficient (Wildman–Crippen LogP) is 2.57. The molecule has 1 fully saturated rings. The van der Waals surface area contributed by atoms with Gasteiger partial charge in [-0.15, -0.1) is 0 Å². The highest BCUT2D eigenvalue weighted by Gasteiger charge is 2.41. The molecule has 1 aromatic heterocycles. The fraction of sp³-hybridized carbons (Fsp3) is 0.700. The number of halogens is 1. The molecule has 0 saturated heterocycles. The Balaban J connectivity index is 2.12. The molecule has 0 radical (unpaired) electrons. The van der Waals surface area contributed by atoms with Gasteiger partial charge in [-0.05, 0) is 31.6 Å². The van der Waals surface area contributed by atoms with E-state index < -0.39 is 10.0 Å². The van der Waals surface area contributed by atoms with Crippen molar-refractivity contribution in [2.24, 2.45) is 5.41 Å². The summed E-state index contributed by atoms with van der Waals surface area (Å²) in [6.07, 6.45) is 3.22. The normalized spacial score (nSPS) is 18.3. The lowest BCUT2D eigenvalue weighted by Gasteiger charge is -2.13. The minimum absolute atomic E-state index is 0.190. The van der Waals surface area contributed by atoms with Crippen LogP contribution in [0.3, 0.4) is 0 Å². The van der Waals surface area contributed by atoms with Crippen molar-refractivity contribution in [3.8, 4) is 0 Å². The fourth-order valence-corrected chi connectivity index (χ4v) is 4.68. The average Bonchev–Trinajstić information content (AvgIpc) is 2.96. The van der Waals surface area contributed by atoms with Crippen molar-refractivity contribution in [3.63, 3.8) is 0 Å². The summed E-state index contributed by atoms with van der Waals surface area (Å²) in [6.45, 7) is 4.26. The zero-order valence-corrected chi connectivity index (χ0v) is 12.2. The van der Waals surface area contributed by atoms with E-state index in [0.717, 1.165) is 30.6 Å². The topological polar surface area (TPSA) is 59.1 Å². The molecule has 1 aliphatic carbocycles. The SMILES string of the molecule is CCC1(CNS(=O)(=O)c2sc(Cl)nc2C)CC1. The molecule has 1 aromatic rings. The van der Waals surface area contributed by atoms with Crippen LogP contribution in [-0.4, -0.2) is 19.9 Å². The molecule has 1 heterocycles. The summed E-state index contributed by atoms with van der Waals surface area (Å²) in [5.41, 5.74) is 0.656. The van der Waals surface area contributed by atoms with Crippen LogP contribution in [0.25, 0.3) is 0 Å². The lowest BCUT2D eigenvalue weighted by atomic mass is 10.1. The van der Waals surface area contributed by atoms with E-state index in [4.69, 9.17) is 11.6 Å². The Kier molecular flexibility index (Phi) is 3.51. The van der Waals surface area contributed by atoms with Gasteiger partial charge in [0.15, 0.2) is 8.68 Å². The molecule has 7 heteroatoms. The van der Waals surface area contributed by atoms with E-state index in [2.05, 4.69) is 16.6 Å². The quantitative estimate of drug-likeness (QED) is 0.908. The minimum Gasteiger partial charge on any atom is -0.229 e. The van der Waals surface area contributed by atoms with Crippen LogP contribution in [0.5, 0.6) is 0 Å². The van der Waals surface area contributed by atoms with E-state index in [0.29, 0.717) is 12.2 Å². The molecule has 96 valence electrons. The monoisotopic (exact) mass is 294 g/mol. The molecule has 1 N–H and O–H groups in total. The summed E-state index contributed by atoms with van der Waals surface area (Å²) in [5, 5.41) is 0. The number of nitrogens with one attached hydrogen (secondary N) is 1. The lowest BCUT2D eigenvalue weighted by molar-refractivity contribution is 0.476. The molecule has 0 aliphatic heterocycles. The van der Waals surface area contributed by atoms with Gasteiger partial charge >= 0.3 is 0 Å². The first-order valence-corrected chi connectivity index (χ1v) is 8.19. The van der Waals surface area contributed by atoms with Crippen LogP contribution in [-0.2, 0) is 10.0 Å². The van der Waals surface area contributed by atoms with E-state index in [-0.39, 0.29) is 14.1 Å². The molecule has 4 nitrogen and oxygen atoms in total. The van der Waals surface area contributed by atoms with Crippen molar-refractivity contribution in [3.05, 3.63) is 10.2 Å². The Morgan fingerprint density at radius 3 is 2.59 bits per heavy atom. The van der Waals surface area contributed by atoms with E-state index in [9.17, 15) is 8.42 Å². The van der Waals surface area contributed by atoms with Gasteiger partial charge in [0, 0.05) is 6.54 Å².